The van der Waals surface area contributed by atoms with Gasteiger partial charge in [0.1, 0.15) is 11.0 Å². The Hall–Kier alpha value is -0.970. The Bertz CT molecular complexity index is 560. The van der Waals surface area contributed by atoms with Crippen LogP contribution < -0.4 is 5.73 Å². The van der Waals surface area contributed by atoms with Crippen LogP contribution in [-0.2, 0) is 11.0 Å². The van der Waals surface area contributed by atoms with Gasteiger partial charge in [0, 0.05) is 19.6 Å². The third-order valence-electron chi connectivity index (χ3n) is 3.16. The highest BCUT2D eigenvalue weighted by molar-refractivity contribution is 7.82. The van der Waals surface area contributed by atoms with Crippen molar-refractivity contribution in [2.45, 2.75) is 16.9 Å². The molecule has 1 unspecified atom stereocenters. The molecule has 2 rings (SSSR count). The summed E-state index contributed by atoms with van der Waals surface area (Å²) >= 11 is 6.03. The summed E-state index contributed by atoms with van der Waals surface area (Å²) in [5.41, 5.74) is 4.94. The zero-order chi connectivity index (χ0) is 14.0. The zero-order valence-corrected chi connectivity index (χ0v) is 11.7. The Morgan fingerprint density at radius 2 is 2.37 bits per heavy atom. The van der Waals surface area contributed by atoms with Crippen molar-refractivity contribution in [1.82, 2.24) is 4.31 Å². The highest BCUT2D eigenvalue weighted by Crippen LogP contribution is 2.28. The van der Waals surface area contributed by atoms with E-state index >= 15 is 0 Å². The van der Waals surface area contributed by atoms with Gasteiger partial charge in [-0.3, -0.25) is 0 Å². The minimum absolute atomic E-state index is 0.141. The molecule has 1 aliphatic rings. The maximum atomic E-state index is 12.4. The number of rotatable bonds is 3. The third kappa shape index (κ3) is 2.96. The first kappa shape index (κ1) is 14.4. The van der Waals surface area contributed by atoms with Crippen LogP contribution in [0.4, 0.5) is 0 Å². The number of benzene rings is 1. The van der Waals surface area contributed by atoms with Crippen molar-refractivity contribution in [2.75, 3.05) is 19.6 Å². The van der Waals surface area contributed by atoms with E-state index in [9.17, 15) is 9.32 Å². The Balaban J connectivity index is 2.20. The molecule has 1 aliphatic heterocycles. The summed E-state index contributed by atoms with van der Waals surface area (Å²) < 4.78 is 14.0. The number of halogens is 1. The molecule has 0 aliphatic carbocycles. The van der Waals surface area contributed by atoms with E-state index < -0.39 is 16.6 Å². The molecule has 5 nitrogen and oxygen atoms in total. The number of hydrogen-bond donors (Lipinski definition) is 2. The summed E-state index contributed by atoms with van der Waals surface area (Å²) in [4.78, 5) is 0.446. The van der Waals surface area contributed by atoms with Gasteiger partial charge in [0.2, 0.25) is 0 Å². The molecule has 1 aromatic carbocycles. The predicted molar refractivity (Wildman–Crippen MR) is 72.8 cm³/mol. The molecule has 2 atom stereocenters. The van der Waals surface area contributed by atoms with Crippen molar-refractivity contribution >= 4 is 22.6 Å². The first-order valence-electron chi connectivity index (χ1n) is 5.78. The molecule has 0 amide bonds. The maximum absolute atomic E-state index is 12.4. The van der Waals surface area contributed by atoms with E-state index in [0.29, 0.717) is 28.4 Å². The molecule has 102 valence electrons. The van der Waals surface area contributed by atoms with Gasteiger partial charge < -0.3 is 10.8 Å². The fourth-order valence-corrected chi connectivity index (χ4v) is 3.66. The van der Waals surface area contributed by atoms with E-state index in [1.165, 1.54) is 6.07 Å². The molecule has 0 bridgehead atoms. The van der Waals surface area contributed by atoms with E-state index in [-0.39, 0.29) is 13.1 Å². The van der Waals surface area contributed by atoms with Gasteiger partial charge in [0.25, 0.3) is 0 Å². The van der Waals surface area contributed by atoms with Gasteiger partial charge in [0.15, 0.2) is 0 Å². The Morgan fingerprint density at radius 1 is 1.63 bits per heavy atom. The molecule has 0 spiro atoms. The molecular formula is C12H14ClN3O2S. The van der Waals surface area contributed by atoms with E-state index in [2.05, 4.69) is 0 Å². The lowest BCUT2D eigenvalue weighted by Crippen LogP contribution is -2.40. The predicted octanol–water partition coefficient (Wildman–Crippen LogP) is 0.630. The van der Waals surface area contributed by atoms with E-state index in [4.69, 9.17) is 22.6 Å². The zero-order valence-electron chi connectivity index (χ0n) is 10.2. The fraction of sp³-hybridized carbons (Fsp3) is 0.417. The second-order valence-corrected chi connectivity index (χ2v) is 6.41. The van der Waals surface area contributed by atoms with Crippen LogP contribution in [-0.4, -0.2) is 38.9 Å². The smallest absolute Gasteiger partial charge is 0.129 e. The molecular weight excluding hydrogens is 286 g/mol. The standard InChI is InChI=1S/C12H14ClN3O2S/c13-10-5-9(6-14)1-2-11(10)19(18)16-4-3-12(17,7-15)8-16/h1-2,5,17H,3-4,7-8,15H2/t12-,19?/m1/s1. The summed E-state index contributed by atoms with van der Waals surface area (Å²) in [7, 11) is -1.45. The van der Waals surface area contributed by atoms with Crippen molar-refractivity contribution < 1.29 is 9.32 Å². The van der Waals surface area contributed by atoms with Gasteiger partial charge in [0.05, 0.1) is 27.2 Å². The van der Waals surface area contributed by atoms with Crippen molar-refractivity contribution in [1.29, 1.82) is 5.26 Å². The molecule has 19 heavy (non-hydrogen) atoms. The van der Waals surface area contributed by atoms with Gasteiger partial charge >= 0.3 is 0 Å². The summed E-state index contributed by atoms with van der Waals surface area (Å²) in [6.45, 7) is 0.894. The van der Waals surface area contributed by atoms with Crippen LogP contribution >= 0.6 is 11.6 Å². The molecule has 1 heterocycles. The molecule has 0 radical (unpaired) electrons. The normalized spacial score (nSPS) is 25.2. The third-order valence-corrected chi connectivity index (χ3v) is 5.10. The summed E-state index contributed by atoms with van der Waals surface area (Å²) in [5, 5.41) is 19.1. The maximum Gasteiger partial charge on any atom is 0.129 e. The monoisotopic (exact) mass is 299 g/mol. The first-order valence-corrected chi connectivity index (χ1v) is 7.26. The van der Waals surface area contributed by atoms with Gasteiger partial charge in [-0.1, -0.05) is 11.6 Å². The van der Waals surface area contributed by atoms with Crippen molar-refractivity contribution in [3.8, 4) is 6.07 Å². The molecule has 7 heteroatoms. The lowest BCUT2D eigenvalue weighted by molar-refractivity contribution is 0.0655. The molecule has 0 saturated carbocycles. The van der Waals surface area contributed by atoms with Crippen LogP contribution in [0.15, 0.2) is 23.1 Å². The Kier molecular flexibility index (Phi) is 4.23. The van der Waals surface area contributed by atoms with Gasteiger partial charge in [-0.2, -0.15) is 5.26 Å². The van der Waals surface area contributed by atoms with Crippen LogP contribution in [0.2, 0.25) is 5.02 Å². The van der Waals surface area contributed by atoms with Crippen LogP contribution in [0.25, 0.3) is 0 Å². The first-order chi connectivity index (χ1) is 8.99. The molecule has 1 fully saturated rings. The topological polar surface area (TPSA) is 90.3 Å². The average Bonchev–Trinajstić information content (AvgIpc) is 2.81. The largest absolute Gasteiger partial charge is 0.387 e. The molecule has 1 saturated heterocycles. The lowest BCUT2D eigenvalue weighted by Gasteiger charge is -2.21. The van der Waals surface area contributed by atoms with Gasteiger partial charge in [-0.05, 0) is 24.6 Å². The number of aliphatic hydroxyl groups is 1. The highest BCUT2D eigenvalue weighted by atomic mass is 35.5. The molecule has 0 aromatic heterocycles. The van der Waals surface area contributed by atoms with Crippen LogP contribution in [0.3, 0.4) is 0 Å². The highest BCUT2D eigenvalue weighted by Gasteiger charge is 2.37. The fourth-order valence-electron chi connectivity index (χ4n) is 1.98. The second kappa shape index (κ2) is 5.57. The number of nitriles is 1. The summed E-state index contributed by atoms with van der Waals surface area (Å²) in [6, 6.07) is 6.61. The molecule has 3 N–H and O–H groups in total. The van der Waals surface area contributed by atoms with Crippen LogP contribution in [0.1, 0.15) is 12.0 Å². The van der Waals surface area contributed by atoms with Crippen LogP contribution in [0, 0.1) is 11.3 Å². The van der Waals surface area contributed by atoms with Gasteiger partial charge in [-0.25, -0.2) is 8.51 Å². The van der Waals surface area contributed by atoms with Crippen molar-refractivity contribution in [3.63, 3.8) is 0 Å². The quantitative estimate of drug-likeness (QED) is 0.856. The Labute approximate surface area is 119 Å². The molecule has 1 aromatic rings. The van der Waals surface area contributed by atoms with E-state index in [0.717, 1.165) is 0 Å². The number of nitrogens with zero attached hydrogens (tertiary/aromatic N) is 2. The minimum atomic E-state index is -1.45. The number of nitrogens with two attached hydrogens (primary N) is 1. The van der Waals surface area contributed by atoms with E-state index in [1.54, 1.807) is 16.4 Å². The minimum Gasteiger partial charge on any atom is -0.387 e. The van der Waals surface area contributed by atoms with E-state index in [1.807, 2.05) is 6.07 Å². The SMILES string of the molecule is N#Cc1ccc(S(=O)N2CC[C@@](O)(CN)C2)c(Cl)c1. The Morgan fingerprint density at radius 3 is 2.89 bits per heavy atom. The summed E-state index contributed by atoms with van der Waals surface area (Å²) in [6.07, 6.45) is 0.489. The van der Waals surface area contributed by atoms with Crippen molar-refractivity contribution in [3.05, 3.63) is 28.8 Å². The number of hydrogen-bond acceptors (Lipinski definition) is 4. The second-order valence-electron chi connectivity index (χ2n) is 4.55. The summed E-state index contributed by atoms with van der Waals surface area (Å²) in [5.74, 6) is 0. The van der Waals surface area contributed by atoms with Crippen LogP contribution in [0.5, 0.6) is 0 Å². The number of β-amino-alcohol motifs (C(OH)–C–C–N with tert-alkyl or cyclic N) is 1. The lowest BCUT2D eigenvalue weighted by atomic mass is 10.1. The van der Waals surface area contributed by atoms with Crippen molar-refractivity contribution in [2.24, 2.45) is 5.73 Å². The average molecular weight is 300 g/mol. The van der Waals surface area contributed by atoms with Gasteiger partial charge in [-0.15, -0.1) is 0 Å².